The molecule has 1 rings (SSSR count). The zero-order valence-corrected chi connectivity index (χ0v) is 11.2. The zero-order valence-electron chi connectivity index (χ0n) is 11.2. The van der Waals surface area contributed by atoms with Crippen molar-refractivity contribution >= 4 is 0 Å². The minimum absolute atomic E-state index is 0.218. The van der Waals surface area contributed by atoms with Crippen LogP contribution in [0.4, 0.5) is 0 Å². The second-order valence-corrected chi connectivity index (χ2v) is 4.72. The quantitative estimate of drug-likeness (QED) is 0.818. The third kappa shape index (κ3) is 3.98. The van der Waals surface area contributed by atoms with Gasteiger partial charge in [-0.3, -0.25) is 4.90 Å². The molecule has 0 aliphatic heterocycles. The van der Waals surface area contributed by atoms with E-state index in [9.17, 15) is 0 Å². The van der Waals surface area contributed by atoms with Crippen molar-refractivity contribution in [1.29, 1.82) is 0 Å². The van der Waals surface area contributed by atoms with E-state index in [0.717, 1.165) is 12.1 Å². The molecule has 0 fully saturated rings. The van der Waals surface area contributed by atoms with E-state index in [1.165, 1.54) is 0 Å². The summed E-state index contributed by atoms with van der Waals surface area (Å²) >= 11 is 0. The van der Waals surface area contributed by atoms with Crippen LogP contribution in [-0.2, 0) is 0 Å². The van der Waals surface area contributed by atoms with Gasteiger partial charge in [-0.1, -0.05) is 19.9 Å². The van der Waals surface area contributed by atoms with Crippen molar-refractivity contribution in [2.24, 2.45) is 11.7 Å². The highest BCUT2D eigenvalue weighted by Crippen LogP contribution is 2.20. The number of rotatable bonds is 6. The van der Waals surface area contributed by atoms with Gasteiger partial charge in [0.1, 0.15) is 0 Å². The van der Waals surface area contributed by atoms with E-state index >= 15 is 0 Å². The van der Waals surface area contributed by atoms with Gasteiger partial charge in [0.2, 0.25) is 5.88 Å². The first-order valence-electron chi connectivity index (χ1n) is 5.98. The van der Waals surface area contributed by atoms with E-state index in [2.05, 4.69) is 30.8 Å². The van der Waals surface area contributed by atoms with E-state index in [1.54, 1.807) is 7.11 Å². The van der Waals surface area contributed by atoms with Crippen LogP contribution in [0.25, 0.3) is 0 Å². The Bertz CT molecular complexity index is 324. The normalized spacial score (nSPS) is 13.1. The first-order chi connectivity index (χ1) is 8.08. The highest BCUT2D eigenvalue weighted by atomic mass is 16.5. The van der Waals surface area contributed by atoms with Crippen molar-refractivity contribution < 1.29 is 4.74 Å². The molecular formula is C13H23N3O. The third-order valence-corrected chi connectivity index (χ3v) is 2.76. The van der Waals surface area contributed by atoms with Gasteiger partial charge >= 0.3 is 0 Å². The fraction of sp³-hybridized carbons (Fsp3) is 0.615. The molecule has 17 heavy (non-hydrogen) atoms. The van der Waals surface area contributed by atoms with Crippen LogP contribution in [-0.4, -0.2) is 37.1 Å². The average Bonchev–Trinajstić information content (AvgIpc) is 2.30. The number of ether oxygens (including phenoxy) is 1. The summed E-state index contributed by atoms with van der Waals surface area (Å²) in [5.74, 6) is 1.26. The maximum atomic E-state index is 5.85. The third-order valence-electron chi connectivity index (χ3n) is 2.76. The monoisotopic (exact) mass is 237 g/mol. The molecule has 1 heterocycles. The number of nitrogens with two attached hydrogens (primary N) is 1. The van der Waals surface area contributed by atoms with Crippen molar-refractivity contribution in [1.82, 2.24) is 9.88 Å². The second kappa shape index (κ2) is 6.57. The highest BCUT2D eigenvalue weighted by Gasteiger charge is 2.16. The number of likely N-dealkylation sites (N-methyl/N-ethyl adjacent to an activating group) is 1. The zero-order chi connectivity index (χ0) is 12.8. The minimum Gasteiger partial charge on any atom is -0.481 e. The Morgan fingerprint density at radius 3 is 2.53 bits per heavy atom. The van der Waals surface area contributed by atoms with E-state index < -0.39 is 0 Å². The fourth-order valence-electron chi connectivity index (χ4n) is 1.98. The Morgan fingerprint density at radius 2 is 2.12 bits per heavy atom. The number of hydrogen-bond donors (Lipinski definition) is 1. The molecule has 1 atom stereocenters. The van der Waals surface area contributed by atoms with Gasteiger partial charge in [-0.15, -0.1) is 0 Å². The van der Waals surface area contributed by atoms with Crippen molar-refractivity contribution in [2.45, 2.75) is 19.9 Å². The molecule has 1 aromatic heterocycles. The molecule has 0 bridgehead atoms. The lowest BCUT2D eigenvalue weighted by atomic mass is 10.1. The van der Waals surface area contributed by atoms with Crippen LogP contribution in [0.1, 0.15) is 25.5 Å². The van der Waals surface area contributed by atoms with E-state index in [1.807, 2.05) is 18.3 Å². The minimum atomic E-state index is 0.218. The largest absolute Gasteiger partial charge is 0.481 e. The van der Waals surface area contributed by atoms with Crippen molar-refractivity contribution in [3.8, 4) is 5.88 Å². The predicted octanol–water partition coefficient (Wildman–Crippen LogP) is 1.68. The summed E-state index contributed by atoms with van der Waals surface area (Å²) in [5, 5.41) is 0. The number of nitrogens with zero attached hydrogens (tertiary/aromatic N) is 2. The number of aromatic nitrogens is 1. The number of pyridine rings is 1. The second-order valence-electron chi connectivity index (χ2n) is 4.72. The van der Waals surface area contributed by atoms with Crippen molar-refractivity contribution in [3.05, 3.63) is 23.9 Å². The van der Waals surface area contributed by atoms with Crippen LogP contribution >= 0.6 is 0 Å². The molecule has 0 aliphatic carbocycles. The first-order valence-corrected chi connectivity index (χ1v) is 5.98. The van der Waals surface area contributed by atoms with Gasteiger partial charge in [0, 0.05) is 31.4 Å². The summed E-state index contributed by atoms with van der Waals surface area (Å²) in [6, 6.07) is 4.12. The Kier molecular flexibility index (Phi) is 5.38. The molecular weight excluding hydrogens is 214 g/mol. The van der Waals surface area contributed by atoms with Crippen LogP contribution < -0.4 is 10.5 Å². The molecule has 0 aromatic carbocycles. The average molecular weight is 237 g/mol. The SMILES string of the molecule is COc1ccc(C(CN)N(C)CC(C)C)cn1. The van der Waals surface area contributed by atoms with Crippen LogP contribution in [0, 0.1) is 5.92 Å². The van der Waals surface area contributed by atoms with Crippen molar-refractivity contribution in [3.63, 3.8) is 0 Å². The fourth-order valence-corrected chi connectivity index (χ4v) is 1.98. The first kappa shape index (κ1) is 13.9. The van der Waals surface area contributed by atoms with Crippen LogP contribution in [0.2, 0.25) is 0 Å². The summed E-state index contributed by atoms with van der Waals surface area (Å²) in [7, 11) is 3.72. The standard InChI is InChI=1S/C13H23N3O/c1-10(2)9-16(3)12(7-14)11-5-6-13(17-4)15-8-11/h5-6,8,10,12H,7,9,14H2,1-4H3. The predicted molar refractivity (Wildman–Crippen MR) is 70.1 cm³/mol. The Morgan fingerprint density at radius 1 is 1.41 bits per heavy atom. The Balaban J connectivity index is 2.77. The summed E-state index contributed by atoms with van der Waals surface area (Å²) in [6.45, 7) is 6.03. The molecule has 96 valence electrons. The van der Waals surface area contributed by atoms with E-state index in [0.29, 0.717) is 18.3 Å². The molecule has 4 heteroatoms. The van der Waals surface area contributed by atoms with Gasteiger partial charge in [-0.25, -0.2) is 4.98 Å². The smallest absolute Gasteiger partial charge is 0.212 e. The summed E-state index contributed by atoms with van der Waals surface area (Å²) < 4.78 is 5.05. The number of hydrogen-bond acceptors (Lipinski definition) is 4. The van der Waals surface area contributed by atoms with Gasteiger partial charge in [0.05, 0.1) is 7.11 Å². The lowest BCUT2D eigenvalue weighted by molar-refractivity contribution is 0.223. The molecule has 0 saturated carbocycles. The molecule has 0 saturated heterocycles. The van der Waals surface area contributed by atoms with Gasteiger partial charge in [0.25, 0.3) is 0 Å². The van der Waals surface area contributed by atoms with E-state index in [4.69, 9.17) is 10.5 Å². The summed E-state index contributed by atoms with van der Waals surface area (Å²) in [5.41, 5.74) is 6.99. The summed E-state index contributed by atoms with van der Waals surface area (Å²) in [4.78, 5) is 6.50. The number of methoxy groups -OCH3 is 1. The lowest BCUT2D eigenvalue weighted by Gasteiger charge is -2.28. The molecule has 1 unspecified atom stereocenters. The van der Waals surface area contributed by atoms with Crippen molar-refractivity contribution in [2.75, 3.05) is 27.2 Å². The van der Waals surface area contributed by atoms with Gasteiger partial charge in [-0.2, -0.15) is 0 Å². The van der Waals surface area contributed by atoms with Gasteiger partial charge < -0.3 is 10.5 Å². The van der Waals surface area contributed by atoms with Crippen LogP contribution in [0.15, 0.2) is 18.3 Å². The van der Waals surface area contributed by atoms with Gasteiger partial charge in [-0.05, 0) is 18.5 Å². The molecule has 0 radical (unpaired) electrons. The summed E-state index contributed by atoms with van der Waals surface area (Å²) in [6.07, 6.45) is 1.84. The Labute approximate surface area is 104 Å². The van der Waals surface area contributed by atoms with Crippen LogP contribution in [0.3, 0.4) is 0 Å². The maximum absolute atomic E-state index is 5.85. The molecule has 4 nitrogen and oxygen atoms in total. The molecule has 2 N–H and O–H groups in total. The van der Waals surface area contributed by atoms with Crippen LogP contribution in [0.5, 0.6) is 5.88 Å². The maximum Gasteiger partial charge on any atom is 0.212 e. The molecule has 1 aromatic rings. The topological polar surface area (TPSA) is 51.4 Å². The molecule has 0 aliphatic rings. The lowest BCUT2D eigenvalue weighted by Crippen LogP contribution is -2.33. The molecule has 0 spiro atoms. The Hall–Kier alpha value is -1.13. The molecule has 0 amide bonds. The van der Waals surface area contributed by atoms with Gasteiger partial charge in [0.15, 0.2) is 0 Å². The highest BCUT2D eigenvalue weighted by molar-refractivity contribution is 5.21. The van der Waals surface area contributed by atoms with E-state index in [-0.39, 0.29) is 6.04 Å².